The molecule has 2 amide bonds. The molecule has 1 fully saturated rings. The molecule has 2 aliphatic rings. The van der Waals surface area contributed by atoms with Crippen LogP contribution < -0.4 is 10.1 Å². The number of rotatable bonds is 6. The lowest BCUT2D eigenvalue weighted by Crippen LogP contribution is -2.34. The number of aryl methyl sites for hydroxylation is 1. The van der Waals surface area contributed by atoms with E-state index in [-0.39, 0.29) is 28.8 Å². The highest BCUT2D eigenvalue weighted by Crippen LogP contribution is 2.37. The molecule has 0 atom stereocenters. The van der Waals surface area contributed by atoms with Crippen LogP contribution in [0.15, 0.2) is 24.5 Å². The Hall–Kier alpha value is -3.37. The number of amides is 2. The summed E-state index contributed by atoms with van der Waals surface area (Å²) >= 11 is 7.50. The zero-order chi connectivity index (χ0) is 26.1. The predicted molar refractivity (Wildman–Crippen MR) is 140 cm³/mol. The highest BCUT2D eigenvalue weighted by molar-refractivity contribution is 7.16. The topological polar surface area (TPSA) is 114 Å². The number of carbonyl (C=O) groups excluding carboxylic acids is 3. The molecule has 1 saturated carbocycles. The van der Waals surface area contributed by atoms with Crippen LogP contribution in [-0.2, 0) is 22.7 Å². The Morgan fingerprint density at radius 3 is 2.62 bits per heavy atom. The van der Waals surface area contributed by atoms with Crippen LogP contribution in [0.5, 0.6) is 5.75 Å². The molecular formula is C26H26ClN5O4S. The second kappa shape index (κ2) is 10.5. The Morgan fingerprint density at radius 2 is 1.92 bits per heavy atom. The molecule has 0 radical (unpaired) electrons. The summed E-state index contributed by atoms with van der Waals surface area (Å²) in [4.78, 5) is 53.1. The van der Waals surface area contributed by atoms with Gasteiger partial charge in [-0.3, -0.25) is 19.9 Å². The number of ether oxygens (including phenoxy) is 1. The molecule has 1 aliphatic carbocycles. The number of fused-ring (bicyclic) bond motifs is 1. The number of aromatic nitrogens is 3. The molecule has 37 heavy (non-hydrogen) atoms. The van der Waals surface area contributed by atoms with E-state index in [1.807, 2.05) is 11.8 Å². The van der Waals surface area contributed by atoms with Crippen molar-refractivity contribution in [2.75, 3.05) is 12.4 Å². The number of hydrogen-bond acceptors (Lipinski definition) is 8. The minimum absolute atomic E-state index is 0.0319. The Labute approximate surface area is 223 Å². The monoisotopic (exact) mass is 539 g/mol. The van der Waals surface area contributed by atoms with Crippen molar-refractivity contribution in [2.45, 2.75) is 45.7 Å². The van der Waals surface area contributed by atoms with Gasteiger partial charge in [0.05, 0.1) is 42.5 Å². The van der Waals surface area contributed by atoms with Crippen molar-refractivity contribution >= 4 is 46.2 Å². The minimum Gasteiger partial charge on any atom is -0.494 e. The standard InChI is InChI=1S/C26H26ClN5O4S/c1-14-7-17(18-8-23(27)29-10-21(18)36-2)19(9-28-14)24(34)31-26-30-20-11-32(12-22(20)37-26)25(35)16-5-3-15(13-33)4-6-16/h7-10,13,15-16H,3-6,11-12H2,1-2H3,(H,30,31,34). The minimum atomic E-state index is -0.357. The normalized spacial score (nSPS) is 18.8. The van der Waals surface area contributed by atoms with Gasteiger partial charge in [0.25, 0.3) is 5.91 Å². The quantitative estimate of drug-likeness (QED) is 0.357. The molecule has 3 aromatic heterocycles. The molecule has 4 heterocycles. The van der Waals surface area contributed by atoms with E-state index in [4.69, 9.17) is 16.3 Å². The maximum Gasteiger partial charge on any atom is 0.259 e. The van der Waals surface area contributed by atoms with Gasteiger partial charge in [-0.25, -0.2) is 9.97 Å². The van der Waals surface area contributed by atoms with E-state index in [9.17, 15) is 14.4 Å². The van der Waals surface area contributed by atoms with Crippen molar-refractivity contribution in [1.82, 2.24) is 19.9 Å². The summed E-state index contributed by atoms with van der Waals surface area (Å²) in [5.74, 6) is 0.306. The zero-order valence-corrected chi connectivity index (χ0v) is 22.1. The van der Waals surface area contributed by atoms with Crippen molar-refractivity contribution in [3.8, 4) is 16.9 Å². The molecule has 192 valence electrons. The maximum absolute atomic E-state index is 13.3. The number of thiazole rings is 1. The third kappa shape index (κ3) is 5.21. The molecule has 0 aromatic carbocycles. The van der Waals surface area contributed by atoms with Crippen molar-refractivity contribution in [1.29, 1.82) is 0 Å². The lowest BCUT2D eigenvalue weighted by atomic mass is 9.82. The lowest BCUT2D eigenvalue weighted by Gasteiger charge is -2.28. The van der Waals surface area contributed by atoms with Crippen LogP contribution in [0.25, 0.3) is 11.1 Å². The SMILES string of the molecule is COc1cnc(Cl)cc1-c1cc(C)ncc1C(=O)Nc1nc2c(s1)CN(C(=O)C1CCC(C=O)CC1)C2. The number of aldehydes is 1. The second-order valence-corrected chi connectivity index (χ2v) is 10.8. The first-order chi connectivity index (χ1) is 17.9. The van der Waals surface area contributed by atoms with Crippen LogP contribution in [0.4, 0.5) is 5.13 Å². The lowest BCUT2D eigenvalue weighted by molar-refractivity contribution is -0.138. The molecule has 1 aliphatic heterocycles. The fourth-order valence-corrected chi connectivity index (χ4v) is 6.07. The number of methoxy groups -OCH3 is 1. The summed E-state index contributed by atoms with van der Waals surface area (Å²) in [5, 5.41) is 3.64. The zero-order valence-electron chi connectivity index (χ0n) is 20.5. The van der Waals surface area contributed by atoms with Crippen molar-refractivity contribution in [2.24, 2.45) is 11.8 Å². The summed E-state index contributed by atoms with van der Waals surface area (Å²) in [7, 11) is 1.53. The Bertz CT molecular complexity index is 1350. The third-order valence-corrected chi connectivity index (χ3v) is 8.13. The summed E-state index contributed by atoms with van der Waals surface area (Å²) in [6.07, 6.45) is 7.10. The van der Waals surface area contributed by atoms with Crippen molar-refractivity contribution in [3.05, 3.63) is 51.5 Å². The number of carbonyl (C=O) groups is 3. The first kappa shape index (κ1) is 25.3. The van der Waals surface area contributed by atoms with Crippen molar-refractivity contribution < 1.29 is 19.1 Å². The van der Waals surface area contributed by atoms with Gasteiger partial charge >= 0.3 is 0 Å². The molecule has 5 rings (SSSR count). The number of hydrogen-bond donors (Lipinski definition) is 1. The van der Waals surface area contributed by atoms with E-state index >= 15 is 0 Å². The summed E-state index contributed by atoms with van der Waals surface area (Å²) in [5.41, 5.74) is 3.15. The number of nitrogens with one attached hydrogen (secondary N) is 1. The summed E-state index contributed by atoms with van der Waals surface area (Å²) in [6, 6.07) is 3.46. The van der Waals surface area contributed by atoms with E-state index in [1.54, 1.807) is 12.1 Å². The summed E-state index contributed by atoms with van der Waals surface area (Å²) in [6.45, 7) is 2.75. The maximum atomic E-state index is 13.3. The molecule has 1 N–H and O–H groups in total. The van der Waals surface area contributed by atoms with Gasteiger partial charge in [-0.05, 0) is 44.7 Å². The number of pyridine rings is 2. The average Bonchev–Trinajstić information content (AvgIpc) is 3.47. The van der Waals surface area contributed by atoms with E-state index in [0.29, 0.717) is 40.7 Å². The van der Waals surface area contributed by atoms with Crippen LogP contribution in [0.1, 0.15) is 52.3 Å². The number of nitrogens with zero attached hydrogens (tertiary/aromatic N) is 4. The Kier molecular flexibility index (Phi) is 7.21. The molecule has 9 nitrogen and oxygen atoms in total. The van der Waals surface area contributed by atoms with Crippen molar-refractivity contribution in [3.63, 3.8) is 0 Å². The van der Waals surface area contributed by atoms with E-state index in [2.05, 4.69) is 20.3 Å². The fraction of sp³-hybridized carbons (Fsp3) is 0.385. The van der Waals surface area contributed by atoms with Gasteiger partial charge in [0.2, 0.25) is 5.91 Å². The van der Waals surface area contributed by atoms with Gasteiger partial charge in [-0.2, -0.15) is 0 Å². The average molecular weight is 540 g/mol. The van der Waals surface area contributed by atoms with Crippen LogP contribution >= 0.6 is 22.9 Å². The highest BCUT2D eigenvalue weighted by Gasteiger charge is 2.34. The van der Waals surface area contributed by atoms with Gasteiger partial charge in [0.1, 0.15) is 17.2 Å². The number of anilines is 1. The van der Waals surface area contributed by atoms with Gasteiger partial charge < -0.3 is 14.4 Å². The van der Waals surface area contributed by atoms with Gasteiger partial charge in [-0.15, -0.1) is 0 Å². The molecular weight excluding hydrogens is 514 g/mol. The first-order valence-corrected chi connectivity index (χ1v) is 13.3. The smallest absolute Gasteiger partial charge is 0.259 e. The third-order valence-electron chi connectivity index (χ3n) is 6.93. The van der Waals surface area contributed by atoms with Crippen LogP contribution in [0.2, 0.25) is 5.15 Å². The Morgan fingerprint density at radius 1 is 1.14 bits per heavy atom. The van der Waals surface area contributed by atoms with E-state index in [1.165, 1.54) is 30.8 Å². The molecule has 0 spiro atoms. The van der Waals surface area contributed by atoms with Gasteiger partial charge in [0.15, 0.2) is 5.13 Å². The molecule has 3 aromatic rings. The second-order valence-electron chi connectivity index (χ2n) is 9.36. The molecule has 0 unspecified atom stereocenters. The van der Waals surface area contributed by atoms with Crippen LogP contribution in [0.3, 0.4) is 0 Å². The fourth-order valence-electron chi connectivity index (χ4n) is 4.93. The van der Waals surface area contributed by atoms with Crippen LogP contribution in [-0.4, -0.2) is 45.1 Å². The molecule has 0 bridgehead atoms. The van der Waals surface area contributed by atoms with Gasteiger partial charge in [-0.1, -0.05) is 22.9 Å². The molecule has 11 heteroatoms. The predicted octanol–water partition coefficient (Wildman–Crippen LogP) is 4.67. The Balaban J connectivity index is 1.30. The highest BCUT2D eigenvalue weighted by atomic mass is 35.5. The first-order valence-electron chi connectivity index (χ1n) is 12.1. The van der Waals surface area contributed by atoms with Crippen LogP contribution in [0, 0.1) is 18.8 Å². The van der Waals surface area contributed by atoms with E-state index in [0.717, 1.165) is 48.2 Å². The largest absolute Gasteiger partial charge is 0.494 e. The molecule has 0 saturated heterocycles. The van der Waals surface area contributed by atoms with E-state index < -0.39 is 0 Å². The number of halogens is 1. The summed E-state index contributed by atoms with van der Waals surface area (Å²) < 4.78 is 5.44. The van der Waals surface area contributed by atoms with Gasteiger partial charge in [0, 0.05) is 34.9 Å².